The number of nitrogens with zero attached hydrogens (tertiary/aromatic N) is 2. The number of allylic oxidation sites excluding steroid dienone is 2. The predicted molar refractivity (Wildman–Crippen MR) is 79.3 cm³/mol. The smallest absolute Gasteiger partial charge is 0.272 e. The van der Waals surface area contributed by atoms with Crippen molar-refractivity contribution >= 4 is 23.9 Å². The molecule has 1 heterocycles. The second-order valence-electron chi connectivity index (χ2n) is 4.46. The van der Waals surface area contributed by atoms with Crippen LogP contribution in [0.15, 0.2) is 31.9 Å². The number of nitrogens with one attached hydrogen (secondary N) is 3. The summed E-state index contributed by atoms with van der Waals surface area (Å²) >= 11 is 0.928. The first-order chi connectivity index (χ1) is 10.1. The van der Waals surface area contributed by atoms with E-state index in [4.69, 9.17) is 0 Å². The van der Waals surface area contributed by atoms with Crippen molar-refractivity contribution in [1.82, 2.24) is 20.6 Å². The van der Waals surface area contributed by atoms with Gasteiger partial charge in [-0.1, -0.05) is 23.9 Å². The van der Waals surface area contributed by atoms with E-state index in [9.17, 15) is 14.4 Å². The SMILES string of the molecule is O=C(CSc1n[nH]c(=O)[nH]c1=O)N/N=C/C1CC=CCC1. The molecule has 0 aromatic carbocycles. The molecular weight excluding hydrogens is 294 g/mol. The van der Waals surface area contributed by atoms with Crippen molar-refractivity contribution in [2.45, 2.75) is 24.3 Å². The van der Waals surface area contributed by atoms with Gasteiger partial charge in [0.1, 0.15) is 0 Å². The molecule has 112 valence electrons. The van der Waals surface area contributed by atoms with E-state index < -0.39 is 11.2 Å². The summed E-state index contributed by atoms with van der Waals surface area (Å²) in [5.74, 6) is 0.00554. The maximum absolute atomic E-state index is 11.6. The molecule has 0 radical (unpaired) electrons. The number of amides is 1. The minimum atomic E-state index is -0.681. The van der Waals surface area contributed by atoms with E-state index in [-0.39, 0.29) is 16.7 Å². The van der Waals surface area contributed by atoms with Crippen LogP contribution in [0.3, 0.4) is 0 Å². The van der Waals surface area contributed by atoms with Crippen molar-refractivity contribution in [2.75, 3.05) is 5.75 Å². The van der Waals surface area contributed by atoms with Crippen LogP contribution in [0.1, 0.15) is 19.3 Å². The minimum Gasteiger partial charge on any atom is -0.272 e. The van der Waals surface area contributed by atoms with Gasteiger partial charge >= 0.3 is 5.69 Å². The number of rotatable bonds is 5. The van der Waals surface area contributed by atoms with Crippen LogP contribution in [-0.4, -0.2) is 33.1 Å². The van der Waals surface area contributed by atoms with Crippen LogP contribution in [0.4, 0.5) is 0 Å². The van der Waals surface area contributed by atoms with Gasteiger partial charge in [0.05, 0.1) is 5.75 Å². The van der Waals surface area contributed by atoms with Crippen LogP contribution in [0, 0.1) is 5.92 Å². The largest absolute Gasteiger partial charge is 0.342 e. The summed E-state index contributed by atoms with van der Waals surface area (Å²) in [6.45, 7) is 0. The molecule has 1 atom stereocenters. The first-order valence-corrected chi connectivity index (χ1v) is 7.42. The molecule has 3 N–H and O–H groups in total. The third-order valence-corrected chi connectivity index (χ3v) is 3.76. The molecular formula is C12H15N5O3S. The van der Waals surface area contributed by atoms with Crippen molar-refractivity contribution < 1.29 is 4.79 Å². The molecule has 9 heteroatoms. The Balaban J connectivity index is 1.77. The summed E-state index contributed by atoms with van der Waals surface area (Å²) in [7, 11) is 0. The topological polar surface area (TPSA) is 120 Å². The van der Waals surface area contributed by atoms with Crippen LogP contribution >= 0.6 is 11.8 Å². The first-order valence-electron chi connectivity index (χ1n) is 6.44. The Morgan fingerprint density at radius 1 is 1.52 bits per heavy atom. The molecule has 1 aromatic rings. The van der Waals surface area contributed by atoms with Gasteiger partial charge in [0.15, 0.2) is 5.03 Å². The van der Waals surface area contributed by atoms with Gasteiger partial charge in [0, 0.05) is 6.21 Å². The molecule has 21 heavy (non-hydrogen) atoms. The summed E-state index contributed by atoms with van der Waals surface area (Å²) in [5.41, 5.74) is 1.11. The number of aromatic amines is 2. The van der Waals surface area contributed by atoms with Gasteiger partial charge in [-0.05, 0) is 25.2 Å². The zero-order chi connectivity index (χ0) is 15.1. The molecule has 0 fully saturated rings. The highest BCUT2D eigenvalue weighted by Crippen LogP contribution is 2.15. The standard InChI is InChI=1S/C12H15N5O3S/c18-9(15-13-6-8-4-2-1-3-5-8)7-21-11-10(19)14-12(20)17-16-11/h1-2,6,8H,3-5,7H2,(H,15,18)(H2,14,17,19,20)/b13-6+. The lowest BCUT2D eigenvalue weighted by molar-refractivity contribution is -0.118. The Morgan fingerprint density at radius 3 is 3.10 bits per heavy atom. The molecule has 0 saturated carbocycles. The van der Waals surface area contributed by atoms with Crippen LogP contribution in [-0.2, 0) is 4.79 Å². The zero-order valence-electron chi connectivity index (χ0n) is 11.2. The fourth-order valence-corrected chi connectivity index (χ4v) is 2.39. The third kappa shape index (κ3) is 5.03. The van der Waals surface area contributed by atoms with E-state index in [2.05, 4.69) is 32.9 Å². The molecule has 0 bridgehead atoms. The van der Waals surface area contributed by atoms with Crippen LogP contribution < -0.4 is 16.7 Å². The Hall–Kier alpha value is -2.16. The molecule has 0 spiro atoms. The molecule has 0 saturated heterocycles. The molecule has 1 aromatic heterocycles. The highest BCUT2D eigenvalue weighted by atomic mass is 32.2. The number of thioether (sulfide) groups is 1. The van der Waals surface area contributed by atoms with Crippen molar-refractivity contribution in [2.24, 2.45) is 11.0 Å². The highest BCUT2D eigenvalue weighted by molar-refractivity contribution is 7.99. The number of hydrazone groups is 1. The Kier molecular flexibility index (Phi) is 5.50. The van der Waals surface area contributed by atoms with Gasteiger partial charge in [-0.25, -0.2) is 15.3 Å². The zero-order valence-corrected chi connectivity index (χ0v) is 12.0. The lowest BCUT2D eigenvalue weighted by Crippen LogP contribution is -2.26. The monoisotopic (exact) mass is 309 g/mol. The Bertz CT molecular complexity index is 663. The summed E-state index contributed by atoms with van der Waals surface area (Å²) in [5, 5.41) is 9.60. The molecule has 1 aliphatic carbocycles. The van der Waals surface area contributed by atoms with E-state index in [1.807, 2.05) is 4.98 Å². The maximum Gasteiger partial charge on any atom is 0.342 e. The number of hydrogen-bond donors (Lipinski definition) is 3. The first kappa shape index (κ1) is 15.2. The van der Waals surface area contributed by atoms with E-state index in [0.29, 0.717) is 5.92 Å². The predicted octanol–water partition coefficient (Wildman–Crippen LogP) is 0.00860. The quantitative estimate of drug-likeness (QED) is 0.306. The molecule has 1 aliphatic rings. The van der Waals surface area contributed by atoms with Crippen molar-refractivity contribution in [3.05, 3.63) is 33.0 Å². The molecule has 8 nitrogen and oxygen atoms in total. The number of carbonyl (C=O) groups is 1. The highest BCUT2D eigenvalue weighted by Gasteiger charge is 2.08. The van der Waals surface area contributed by atoms with Crippen molar-refractivity contribution in [1.29, 1.82) is 0 Å². The average Bonchev–Trinajstić information content (AvgIpc) is 2.47. The summed E-state index contributed by atoms with van der Waals surface area (Å²) in [6.07, 6.45) is 8.96. The summed E-state index contributed by atoms with van der Waals surface area (Å²) in [6, 6.07) is 0. The van der Waals surface area contributed by atoms with E-state index >= 15 is 0 Å². The van der Waals surface area contributed by atoms with Crippen molar-refractivity contribution in [3.63, 3.8) is 0 Å². The van der Waals surface area contributed by atoms with Gasteiger partial charge in [0.25, 0.3) is 5.56 Å². The van der Waals surface area contributed by atoms with E-state index in [1.165, 1.54) is 0 Å². The maximum atomic E-state index is 11.6. The molecule has 1 unspecified atom stereocenters. The second-order valence-corrected chi connectivity index (χ2v) is 5.42. The second kappa shape index (κ2) is 7.58. The lowest BCUT2D eigenvalue weighted by atomic mass is 9.96. The summed E-state index contributed by atoms with van der Waals surface area (Å²) in [4.78, 5) is 35.7. The Labute approximate surface area is 124 Å². The van der Waals surface area contributed by atoms with Gasteiger partial charge < -0.3 is 0 Å². The lowest BCUT2D eigenvalue weighted by Gasteiger charge is -2.11. The van der Waals surface area contributed by atoms with Gasteiger partial charge in [-0.2, -0.15) is 10.2 Å². The molecule has 0 aliphatic heterocycles. The Morgan fingerprint density at radius 2 is 2.38 bits per heavy atom. The number of aromatic nitrogens is 3. The van der Waals surface area contributed by atoms with Crippen LogP contribution in [0.25, 0.3) is 0 Å². The molecule has 1 amide bonds. The van der Waals surface area contributed by atoms with Gasteiger partial charge in [-0.3, -0.25) is 14.6 Å². The fourth-order valence-electron chi connectivity index (χ4n) is 1.77. The normalized spacial score (nSPS) is 18.0. The van der Waals surface area contributed by atoms with Crippen molar-refractivity contribution in [3.8, 4) is 0 Å². The van der Waals surface area contributed by atoms with E-state index in [0.717, 1.165) is 31.0 Å². The third-order valence-electron chi connectivity index (χ3n) is 2.80. The number of hydrogen-bond acceptors (Lipinski definition) is 6. The van der Waals surface area contributed by atoms with Gasteiger partial charge in [-0.15, -0.1) is 0 Å². The van der Waals surface area contributed by atoms with Crippen LogP contribution in [0.2, 0.25) is 0 Å². The number of carbonyl (C=O) groups excluding carboxylic acids is 1. The van der Waals surface area contributed by atoms with E-state index in [1.54, 1.807) is 6.21 Å². The fraction of sp³-hybridized carbons (Fsp3) is 0.417. The molecule has 2 rings (SSSR count). The number of H-pyrrole nitrogens is 2. The summed E-state index contributed by atoms with van der Waals surface area (Å²) < 4.78 is 0. The average molecular weight is 309 g/mol. The minimum absolute atomic E-state index is 0.00989. The van der Waals surface area contributed by atoms with Crippen LogP contribution in [0.5, 0.6) is 0 Å². The van der Waals surface area contributed by atoms with Gasteiger partial charge in [0.2, 0.25) is 5.91 Å².